The van der Waals surface area contributed by atoms with Crippen molar-refractivity contribution in [1.82, 2.24) is 20.0 Å². The lowest BCUT2D eigenvalue weighted by atomic mass is 9.92. The van der Waals surface area contributed by atoms with Gasteiger partial charge in [-0.15, -0.1) is 0 Å². The molecule has 0 radical (unpaired) electrons. The first kappa shape index (κ1) is 17.6. The van der Waals surface area contributed by atoms with Crippen LogP contribution in [0.3, 0.4) is 0 Å². The van der Waals surface area contributed by atoms with Gasteiger partial charge >= 0.3 is 0 Å². The van der Waals surface area contributed by atoms with Gasteiger partial charge < -0.3 is 15.0 Å². The normalized spacial score (nSPS) is 21.9. The van der Waals surface area contributed by atoms with Crippen LogP contribution in [-0.2, 0) is 16.0 Å². The zero-order valence-corrected chi connectivity index (χ0v) is 15.6. The molecule has 2 amide bonds. The van der Waals surface area contributed by atoms with E-state index in [9.17, 15) is 9.59 Å². The third kappa shape index (κ3) is 3.29. The molecule has 1 aromatic heterocycles. The van der Waals surface area contributed by atoms with E-state index in [1.54, 1.807) is 19.1 Å². The van der Waals surface area contributed by atoms with E-state index in [1.807, 2.05) is 35.1 Å². The Balaban J connectivity index is 1.53. The summed E-state index contributed by atoms with van der Waals surface area (Å²) in [5.74, 6) is 0.542. The minimum Gasteiger partial charge on any atom is -0.497 e. The van der Waals surface area contributed by atoms with Crippen molar-refractivity contribution < 1.29 is 14.3 Å². The number of carbonyl (C=O) groups is 2. The van der Waals surface area contributed by atoms with Crippen molar-refractivity contribution in [3.8, 4) is 11.4 Å². The highest BCUT2D eigenvalue weighted by Crippen LogP contribution is 2.32. The Morgan fingerprint density at radius 2 is 2.07 bits per heavy atom. The summed E-state index contributed by atoms with van der Waals surface area (Å²) in [6.45, 7) is 0.495. The fraction of sp³-hybridized carbons (Fsp3) is 0.450. The number of methoxy groups -OCH3 is 1. The van der Waals surface area contributed by atoms with Crippen LogP contribution >= 0.6 is 0 Å². The van der Waals surface area contributed by atoms with E-state index in [2.05, 4.69) is 10.4 Å². The number of rotatable bonds is 4. The molecule has 1 N–H and O–H groups in total. The molecule has 27 heavy (non-hydrogen) atoms. The molecule has 2 atom stereocenters. The molecule has 1 aliphatic carbocycles. The van der Waals surface area contributed by atoms with Gasteiger partial charge in [-0.3, -0.25) is 9.59 Å². The van der Waals surface area contributed by atoms with Crippen LogP contribution in [0.1, 0.15) is 36.6 Å². The maximum atomic E-state index is 12.6. The molecule has 7 nitrogen and oxygen atoms in total. The Morgan fingerprint density at radius 3 is 2.74 bits per heavy atom. The van der Waals surface area contributed by atoms with Gasteiger partial charge in [0.2, 0.25) is 11.8 Å². The molecule has 0 saturated carbocycles. The lowest BCUT2D eigenvalue weighted by molar-refractivity contribution is -0.128. The van der Waals surface area contributed by atoms with Crippen molar-refractivity contribution in [3.05, 3.63) is 41.7 Å². The molecule has 7 heteroatoms. The number of carbonyl (C=O) groups excluding carboxylic acids is 2. The minimum absolute atomic E-state index is 0.0341. The smallest absolute Gasteiger partial charge is 0.225 e. The highest BCUT2D eigenvalue weighted by atomic mass is 16.5. The maximum Gasteiger partial charge on any atom is 0.225 e. The quantitative estimate of drug-likeness (QED) is 0.894. The monoisotopic (exact) mass is 368 g/mol. The van der Waals surface area contributed by atoms with Crippen molar-refractivity contribution in [2.75, 3.05) is 20.7 Å². The van der Waals surface area contributed by atoms with Crippen LogP contribution in [0.4, 0.5) is 0 Å². The summed E-state index contributed by atoms with van der Waals surface area (Å²) in [5.41, 5.74) is 3.19. The van der Waals surface area contributed by atoms with Gasteiger partial charge in [0.25, 0.3) is 0 Å². The Labute approximate surface area is 158 Å². The lowest BCUT2D eigenvalue weighted by Crippen LogP contribution is -2.36. The molecule has 1 fully saturated rings. The van der Waals surface area contributed by atoms with Crippen LogP contribution < -0.4 is 10.1 Å². The molecule has 2 heterocycles. The van der Waals surface area contributed by atoms with E-state index < -0.39 is 0 Å². The van der Waals surface area contributed by atoms with Gasteiger partial charge in [0.15, 0.2) is 0 Å². The van der Waals surface area contributed by atoms with Gasteiger partial charge in [0, 0.05) is 31.3 Å². The lowest BCUT2D eigenvalue weighted by Gasteiger charge is -2.25. The van der Waals surface area contributed by atoms with E-state index in [4.69, 9.17) is 4.74 Å². The second-order valence-electron chi connectivity index (χ2n) is 7.29. The third-order valence-electron chi connectivity index (χ3n) is 5.53. The summed E-state index contributed by atoms with van der Waals surface area (Å²) >= 11 is 0. The number of nitrogens with one attached hydrogen (secondary N) is 1. The Morgan fingerprint density at radius 1 is 1.30 bits per heavy atom. The SMILES string of the molecule is COc1ccc(-n2ncc3c2CCC[C@H]3NC(=O)[C@H]2CC(=O)N(C)C2)cc1. The van der Waals surface area contributed by atoms with Crippen LogP contribution in [-0.4, -0.2) is 47.2 Å². The highest BCUT2D eigenvalue weighted by molar-refractivity contribution is 5.89. The topological polar surface area (TPSA) is 76.5 Å². The summed E-state index contributed by atoms with van der Waals surface area (Å²) in [6.07, 6.45) is 4.97. The average molecular weight is 368 g/mol. The molecular formula is C20H24N4O3. The van der Waals surface area contributed by atoms with Crippen LogP contribution in [0.15, 0.2) is 30.5 Å². The summed E-state index contributed by atoms with van der Waals surface area (Å²) in [7, 11) is 3.39. The summed E-state index contributed by atoms with van der Waals surface area (Å²) in [5, 5.41) is 7.71. The molecule has 2 aromatic rings. The fourth-order valence-corrected chi connectivity index (χ4v) is 3.98. The van der Waals surface area contributed by atoms with Crippen molar-refractivity contribution in [3.63, 3.8) is 0 Å². The summed E-state index contributed by atoms with van der Waals surface area (Å²) in [4.78, 5) is 26.0. The fourth-order valence-electron chi connectivity index (χ4n) is 3.98. The van der Waals surface area contributed by atoms with E-state index in [0.717, 1.165) is 42.0 Å². The van der Waals surface area contributed by atoms with Crippen molar-refractivity contribution in [2.24, 2.45) is 5.92 Å². The van der Waals surface area contributed by atoms with Crippen LogP contribution in [0, 0.1) is 5.92 Å². The van der Waals surface area contributed by atoms with Crippen LogP contribution in [0.25, 0.3) is 5.69 Å². The molecule has 1 saturated heterocycles. The number of hydrogen-bond donors (Lipinski definition) is 1. The maximum absolute atomic E-state index is 12.6. The Kier molecular flexibility index (Phi) is 4.59. The van der Waals surface area contributed by atoms with Crippen molar-refractivity contribution in [1.29, 1.82) is 0 Å². The molecular weight excluding hydrogens is 344 g/mol. The summed E-state index contributed by atoms with van der Waals surface area (Å²) < 4.78 is 7.16. The average Bonchev–Trinajstić information content (AvgIpc) is 3.26. The van der Waals surface area contributed by atoms with E-state index >= 15 is 0 Å². The molecule has 0 unspecified atom stereocenters. The predicted octanol–water partition coefficient (Wildman–Crippen LogP) is 1.85. The van der Waals surface area contributed by atoms with Crippen molar-refractivity contribution >= 4 is 11.8 Å². The molecule has 1 aromatic carbocycles. The molecule has 0 bridgehead atoms. The zero-order chi connectivity index (χ0) is 19.0. The number of amides is 2. The molecule has 1 aliphatic heterocycles. The summed E-state index contributed by atoms with van der Waals surface area (Å²) in [6, 6.07) is 7.75. The van der Waals surface area contributed by atoms with Gasteiger partial charge in [-0.05, 0) is 43.5 Å². The standard InChI is InChI=1S/C20H24N4O3/c1-23-12-13(10-19(23)25)20(26)22-17-4-3-5-18-16(17)11-21-24(18)14-6-8-15(27-2)9-7-14/h6-9,11,13,17H,3-5,10,12H2,1-2H3,(H,22,26)/t13-,17+/m0/s1. The first-order chi connectivity index (χ1) is 13.1. The van der Waals surface area contributed by atoms with Gasteiger partial charge in [0.1, 0.15) is 5.75 Å². The van der Waals surface area contributed by atoms with Crippen LogP contribution in [0.5, 0.6) is 5.75 Å². The molecule has 4 rings (SSSR count). The first-order valence-corrected chi connectivity index (χ1v) is 9.32. The van der Waals surface area contributed by atoms with Gasteiger partial charge in [0.05, 0.1) is 31.0 Å². The van der Waals surface area contributed by atoms with E-state index in [1.165, 1.54) is 0 Å². The molecule has 142 valence electrons. The number of hydrogen-bond acceptors (Lipinski definition) is 4. The van der Waals surface area contributed by atoms with E-state index in [-0.39, 0.29) is 23.8 Å². The van der Waals surface area contributed by atoms with E-state index in [0.29, 0.717) is 13.0 Å². The molecule has 2 aliphatic rings. The van der Waals surface area contributed by atoms with Gasteiger partial charge in [-0.25, -0.2) is 4.68 Å². The van der Waals surface area contributed by atoms with Gasteiger partial charge in [-0.1, -0.05) is 0 Å². The van der Waals surface area contributed by atoms with Crippen molar-refractivity contribution in [2.45, 2.75) is 31.7 Å². The zero-order valence-electron chi connectivity index (χ0n) is 15.6. The van der Waals surface area contributed by atoms with Gasteiger partial charge in [-0.2, -0.15) is 5.10 Å². The highest BCUT2D eigenvalue weighted by Gasteiger charge is 2.34. The predicted molar refractivity (Wildman–Crippen MR) is 99.7 cm³/mol. The Bertz CT molecular complexity index is 859. The number of fused-ring (bicyclic) bond motifs is 1. The largest absolute Gasteiger partial charge is 0.497 e. The molecule has 0 spiro atoms. The number of likely N-dealkylation sites (tertiary alicyclic amines) is 1. The first-order valence-electron chi connectivity index (χ1n) is 9.32. The number of aromatic nitrogens is 2. The number of ether oxygens (including phenoxy) is 1. The number of benzene rings is 1. The second-order valence-corrected chi connectivity index (χ2v) is 7.29. The third-order valence-corrected chi connectivity index (χ3v) is 5.53. The minimum atomic E-state index is -0.260. The van der Waals surface area contributed by atoms with Crippen LogP contribution in [0.2, 0.25) is 0 Å². The Hall–Kier alpha value is -2.83. The second kappa shape index (κ2) is 7.06. The number of nitrogens with zero attached hydrogens (tertiary/aromatic N) is 3.